The van der Waals surface area contributed by atoms with Crippen molar-refractivity contribution in [2.75, 3.05) is 0 Å². The van der Waals surface area contributed by atoms with Gasteiger partial charge in [-0.25, -0.2) is 0 Å². The third kappa shape index (κ3) is 6.79. The van der Waals surface area contributed by atoms with Crippen LogP contribution in [0.1, 0.15) is 0 Å². The molecular formula is C66H44. The quantitative estimate of drug-likeness (QED) is 0.134. The normalized spacial score (nSPS) is 11.3. The van der Waals surface area contributed by atoms with Crippen molar-refractivity contribution in [1.82, 2.24) is 0 Å². The maximum absolute atomic E-state index is 2.44. The third-order valence-corrected chi connectivity index (χ3v) is 13.2. The first-order valence-electron chi connectivity index (χ1n) is 22.8. The van der Waals surface area contributed by atoms with E-state index >= 15 is 0 Å². The van der Waals surface area contributed by atoms with E-state index in [1.807, 2.05) is 0 Å². The Morgan fingerprint density at radius 3 is 0.667 bits per heavy atom. The summed E-state index contributed by atoms with van der Waals surface area (Å²) in [5.74, 6) is 0. The van der Waals surface area contributed by atoms with Crippen LogP contribution in [0.15, 0.2) is 267 Å². The van der Waals surface area contributed by atoms with E-state index in [1.54, 1.807) is 0 Å². The fraction of sp³-hybridized carbons (Fsp3) is 0. The van der Waals surface area contributed by atoms with Crippen molar-refractivity contribution in [2.45, 2.75) is 0 Å². The molecule has 0 unspecified atom stereocenters. The first kappa shape index (κ1) is 39.0. The molecule has 0 aliphatic rings. The lowest BCUT2D eigenvalue weighted by molar-refractivity contribution is 1.54. The molecule has 0 aromatic heterocycles. The molecule has 12 rings (SSSR count). The van der Waals surface area contributed by atoms with Gasteiger partial charge in [0, 0.05) is 0 Å². The Morgan fingerprint density at radius 1 is 0.136 bits per heavy atom. The lowest BCUT2D eigenvalue weighted by Crippen LogP contribution is -2.04. The molecule has 0 aliphatic carbocycles. The van der Waals surface area contributed by atoms with Crippen molar-refractivity contribution in [1.29, 1.82) is 0 Å². The van der Waals surface area contributed by atoms with Crippen LogP contribution in [0, 0.1) is 0 Å². The van der Waals surface area contributed by atoms with E-state index in [2.05, 4.69) is 267 Å². The van der Waals surface area contributed by atoms with E-state index in [0.29, 0.717) is 0 Å². The molecule has 0 N–H and O–H groups in total. The molecule has 0 saturated carbocycles. The van der Waals surface area contributed by atoms with Gasteiger partial charge in [0.2, 0.25) is 0 Å². The molecule has 0 fully saturated rings. The molecular weight excluding hydrogens is 793 g/mol. The van der Waals surface area contributed by atoms with E-state index in [4.69, 9.17) is 0 Å². The average molecular weight is 837 g/mol. The topological polar surface area (TPSA) is 0 Å². The van der Waals surface area contributed by atoms with Crippen molar-refractivity contribution in [3.63, 3.8) is 0 Å². The monoisotopic (exact) mass is 836 g/mol. The summed E-state index contributed by atoms with van der Waals surface area (Å²) in [6.07, 6.45) is 0. The Labute approximate surface area is 386 Å². The minimum absolute atomic E-state index is 1.16. The number of hydrogen-bond acceptors (Lipinski definition) is 0. The van der Waals surface area contributed by atoms with E-state index in [9.17, 15) is 0 Å². The minimum Gasteiger partial charge on any atom is -0.0622 e. The Hall–Kier alpha value is -8.58. The SMILES string of the molecule is c1ccc(-c2c(-c3ccccc3)c(-c3ccccc3)c3c(-c4ccccc4)c(-c4ccc5cc6ccccc6cc5c4)c(-c4ccccc4)c(-c4ccccc4)c3c2-c2ccccc2)cc1. The van der Waals surface area contributed by atoms with Crippen LogP contribution >= 0.6 is 0 Å². The van der Waals surface area contributed by atoms with Gasteiger partial charge in [0.05, 0.1) is 0 Å². The van der Waals surface area contributed by atoms with Crippen molar-refractivity contribution < 1.29 is 0 Å². The fourth-order valence-corrected chi connectivity index (χ4v) is 10.4. The molecule has 66 heavy (non-hydrogen) atoms. The third-order valence-electron chi connectivity index (χ3n) is 13.2. The Balaban J connectivity index is 1.44. The standard InChI is InChI=1S/C66H44/c1-8-24-45(25-9-1)57-58(46-26-10-2-11-27-46)61(49-32-16-5-17-33-49)66-63(51-36-20-7-21-37-51)64(55-41-40-54-42-52-38-22-23-39-53(52)43-56(54)44-55)59(47-28-12-3-13-29-47)62(50-34-18-6-19-35-50)65(66)60(57)48-30-14-4-15-31-48/h1-44H. The largest absolute Gasteiger partial charge is 0.0622 e. The van der Waals surface area contributed by atoms with Gasteiger partial charge in [-0.05, 0) is 140 Å². The van der Waals surface area contributed by atoms with Crippen LogP contribution in [0.2, 0.25) is 0 Å². The summed E-state index contributed by atoms with van der Waals surface area (Å²) in [6, 6.07) is 98.3. The van der Waals surface area contributed by atoms with Crippen LogP contribution in [0.3, 0.4) is 0 Å². The Kier molecular flexibility index (Phi) is 9.97. The maximum atomic E-state index is 2.44. The number of hydrogen-bond donors (Lipinski definition) is 0. The van der Waals surface area contributed by atoms with Crippen LogP contribution in [0.25, 0.3) is 121 Å². The molecule has 0 atom stereocenters. The molecule has 0 heterocycles. The highest BCUT2D eigenvalue weighted by atomic mass is 14.3. The minimum atomic E-state index is 1.16. The molecule has 0 nitrogen and oxygen atoms in total. The molecule has 0 amide bonds. The first-order valence-corrected chi connectivity index (χ1v) is 22.8. The molecule has 12 aromatic rings. The van der Waals surface area contributed by atoms with Gasteiger partial charge in [-0.1, -0.05) is 249 Å². The lowest BCUT2D eigenvalue weighted by atomic mass is 9.71. The summed E-state index contributed by atoms with van der Waals surface area (Å²) in [5, 5.41) is 7.35. The highest BCUT2D eigenvalue weighted by Crippen LogP contribution is 2.60. The van der Waals surface area contributed by atoms with Crippen molar-refractivity contribution in [2.24, 2.45) is 0 Å². The Bertz CT molecular complexity index is 3670. The zero-order valence-electron chi connectivity index (χ0n) is 36.4. The number of benzene rings is 12. The van der Waals surface area contributed by atoms with Crippen LogP contribution < -0.4 is 0 Å². The second-order valence-electron chi connectivity index (χ2n) is 17.1. The van der Waals surface area contributed by atoms with Gasteiger partial charge in [-0.2, -0.15) is 0 Å². The lowest BCUT2D eigenvalue weighted by Gasteiger charge is -2.31. The van der Waals surface area contributed by atoms with Crippen molar-refractivity contribution >= 4 is 32.3 Å². The molecule has 0 radical (unpaired) electrons. The summed E-state index contributed by atoms with van der Waals surface area (Å²) in [5.41, 5.74) is 19.0. The first-order chi connectivity index (χ1) is 32.8. The van der Waals surface area contributed by atoms with Crippen molar-refractivity contribution in [3.05, 3.63) is 267 Å². The van der Waals surface area contributed by atoms with E-state index in [0.717, 1.165) is 22.3 Å². The van der Waals surface area contributed by atoms with Crippen molar-refractivity contribution in [3.8, 4) is 89.0 Å². The van der Waals surface area contributed by atoms with Gasteiger partial charge in [0.15, 0.2) is 0 Å². The van der Waals surface area contributed by atoms with Gasteiger partial charge in [-0.15, -0.1) is 0 Å². The molecule has 0 aliphatic heterocycles. The summed E-state index contributed by atoms with van der Waals surface area (Å²) in [7, 11) is 0. The zero-order valence-corrected chi connectivity index (χ0v) is 36.4. The second-order valence-corrected chi connectivity index (χ2v) is 17.1. The highest BCUT2D eigenvalue weighted by molar-refractivity contribution is 6.30. The predicted octanol–water partition coefficient (Wildman–Crippen LogP) is 18.5. The van der Waals surface area contributed by atoms with Gasteiger partial charge in [0.1, 0.15) is 0 Å². The van der Waals surface area contributed by atoms with E-state index < -0.39 is 0 Å². The zero-order chi connectivity index (χ0) is 43.8. The molecule has 0 heteroatoms. The van der Waals surface area contributed by atoms with Crippen LogP contribution in [0.4, 0.5) is 0 Å². The molecule has 0 spiro atoms. The number of fused-ring (bicyclic) bond motifs is 3. The summed E-state index contributed by atoms with van der Waals surface area (Å²) >= 11 is 0. The van der Waals surface area contributed by atoms with Crippen LogP contribution in [0.5, 0.6) is 0 Å². The predicted molar refractivity (Wildman–Crippen MR) is 282 cm³/mol. The summed E-state index contributed by atoms with van der Waals surface area (Å²) in [4.78, 5) is 0. The molecule has 0 bridgehead atoms. The fourth-order valence-electron chi connectivity index (χ4n) is 10.4. The van der Waals surface area contributed by atoms with E-state index in [1.165, 1.54) is 99.1 Å². The van der Waals surface area contributed by atoms with Gasteiger partial charge < -0.3 is 0 Å². The van der Waals surface area contributed by atoms with Crippen LogP contribution in [-0.2, 0) is 0 Å². The average Bonchev–Trinajstić information content (AvgIpc) is 3.40. The van der Waals surface area contributed by atoms with Gasteiger partial charge in [0.25, 0.3) is 0 Å². The second kappa shape index (κ2) is 16.8. The molecule has 0 saturated heterocycles. The summed E-state index contributed by atoms with van der Waals surface area (Å²) in [6.45, 7) is 0. The van der Waals surface area contributed by atoms with Gasteiger partial charge in [-0.3, -0.25) is 0 Å². The smallest absolute Gasteiger partial charge is 0.0000936 e. The number of rotatable bonds is 8. The Morgan fingerprint density at radius 2 is 0.364 bits per heavy atom. The molecule has 308 valence electrons. The van der Waals surface area contributed by atoms with Crippen LogP contribution in [-0.4, -0.2) is 0 Å². The maximum Gasteiger partial charge on any atom is -0.0000936 e. The summed E-state index contributed by atoms with van der Waals surface area (Å²) < 4.78 is 0. The van der Waals surface area contributed by atoms with E-state index in [-0.39, 0.29) is 0 Å². The highest BCUT2D eigenvalue weighted by Gasteiger charge is 2.32. The molecule has 12 aromatic carbocycles. The van der Waals surface area contributed by atoms with Gasteiger partial charge >= 0.3 is 0 Å².